The summed E-state index contributed by atoms with van der Waals surface area (Å²) in [6, 6.07) is 9.17. The second-order valence-corrected chi connectivity index (χ2v) is 5.05. The maximum atomic E-state index is 11.4. The first-order chi connectivity index (χ1) is 9.49. The van der Waals surface area contributed by atoms with Gasteiger partial charge in [0.25, 0.3) is 0 Å². The van der Waals surface area contributed by atoms with Crippen LogP contribution in [0.15, 0.2) is 36.5 Å². The Hall–Kier alpha value is -2.07. The molecule has 0 fully saturated rings. The summed E-state index contributed by atoms with van der Waals surface area (Å²) in [5.74, 6) is -0.513. The van der Waals surface area contributed by atoms with Gasteiger partial charge in [-0.2, -0.15) is 0 Å². The molecule has 0 aliphatic rings. The molecule has 1 aromatic carbocycles. The molecule has 0 spiro atoms. The van der Waals surface area contributed by atoms with Gasteiger partial charge in [-0.25, -0.2) is 9.78 Å². The van der Waals surface area contributed by atoms with Gasteiger partial charge in [0, 0.05) is 24.8 Å². The maximum Gasteiger partial charge on any atom is 0.339 e. The van der Waals surface area contributed by atoms with Crippen molar-refractivity contribution in [2.24, 2.45) is 0 Å². The number of rotatable bonds is 4. The highest BCUT2D eigenvalue weighted by Crippen LogP contribution is 2.22. The van der Waals surface area contributed by atoms with Crippen molar-refractivity contribution in [3.63, 3.8) is 0 Å². The first kappa shape index (κ1) is 14.3. The van der Waals surface area contributed by atoms with Crippen LogP contribution in [-0.2, 0) is 6.54 Å². The molecule has 0 atom stereocenters. The molecule has 2 rings (SSSR count). The van der Waals surface area contributed by atoms with E-state index in [1.54, 1.807) is 25.3 Å². The van der Waals surface area contributed by atoms with E-state index in [1.165, 1.54) is 0 Å². The minimum absolute atomic E-state index is 0.233. The highest BCUT2D eigenvalue weighted by Gasteiger charge is 2.17. The molecule has 1 heterocycles. The van der Waals surface area contributed by atoms with Crippen molar-refractivity contribution in [3.05, 3.63) is 58.2 Å². The third-order valence-electron chi connectivity index (χ3n) is 3.02. The van der Waals surface area contributed by atoms with E-state index in [2.05, 4.69) is 4.98 Å². The van der Waals surface area contributed by atoms with Crippen LogP contribution in [0.4, 0.5) is 5.82 Å². The van der Waals surface area contributed by atoms with E-state index in [0.717, 1.165) is 5.56 Å². The molecule has 0 saturated carbocycles. The Labute approximate surface area is 122 Å². The smallest absolute Gasteiger partial charge is 0.339 e. The minimum atomic E-state index is -0.969. The third-order valence-corrected chi connectivity index (χ3v) is 3.26. The number of benzene rings is 1. The number of carboxylic acid groups (broad SMARTS) is 1. The van der Waals surface area contributed by atoms with Crippen LogP contribution in [0.2, 0.25) is 5.02 Å². The Balaban J connectivity index is 2.32. The molecular weight excluding hydrogens is 276 g/mol. The third kappa shape index (κ3) is 3.08. The number of pyridine rings is 1. The van der Waals surface area contributed by atoms with E-state index in [-0.39, 0.29) is 5.56 Å². The van der Waals surface area contributed by atoms with Crippen molar-refractivity contribution in [2.75, 3.05) is 11.9 Å². The molecule has 5 heteroatoms. The minimum Gasteiger partial charge on any atom is -0.478 e. The van der Waals surface area contributed by atoms with E-state index >= 15 is 0 Å². The Morgan fingerprint density at radius 1 is 1.40 bits per heavy atom. The molecule has 0 aliphatic heterocycles. The summed E-state index contributed by atoms with van der Waals surface area (Å²) in [5.41, 5.74) is 1.93. The monoisotopic (exact) mass is 290 g/mol. The first-order valence-corrected chi connectivity index (χ1v) is 6.51. The Kier molecular flexibility index (Phi) is 4.25. The highest BCUT2D eigenvalue weighted by molar-refractivity contribution is 6.30. The zero-order chi connectivity index (χ0) is 14.7. The molecule has 4 nitrogen and oxygen atoms in total. The number of aromatic nitrogens is 1. The van der Waals surface area contributed by atoms with Crippen molar-refractivity contribution in [1.29, 1.82) is 0 Å². The van der Waals surface area contributed by atoms with Gasteiger partial charge in [-0.15, -0.1) is 0 Å². The number of hydrogen-bond donors (Lipinski definition) is 1. The van der Waals surface area contributed by atoms with E-state index in [9.17, 15) is 9.90 Å². The van der Waals surface area contributed by atoms with Crippen LogP contribution in [0.1, 0.15) is 21.5 Å². The fourth-order valence-corrected chi connectivity index (χ4v) is 2.29. The van der Waals surface area contributed by atoms with Gasteiger partial charge in [-0.3, -0.25) is 0 Å². The fourth-order valence-electron chi connectivity index (χ4n) is 2.08. The van der Waals surface area contributed by atoms with E-state index in [0.29, 0.717) is 22.9 Å². The van der Waals surface area contributed by atoms with Gasteiger partial charge in [0.05, 0.1) is 0 Å². The summed E-state index contributed by atoms with van der Waals surface area (Å²) in [7, 11) is 1.81. The molecule has 0 bridgehead atoms. The average Bonchev–Trinajstić information content (AvgIpc) is 2.37. The summed E-state index contributed by atoms with van der Waals surface area (Å²) in [4.78, 5) is 17.4. The van der Waals surface area contributed by atoms with Crippen LogP contribution in [0.5, 0.6) is 0 Å². The van der Waals surface area contributed by atoms with Crippen LogP contribution < -0.4 is 4.90 Å². The van der Waals surface area contributed by atoms with Crippen LogP contribution >= 0.6 is 11.6 Å². The van der Waals surface area contributed by atoms with E-state index < -0.39 is 5.97 Å². The second kappa shape index (κ2) is 5.92. The number of halogens is 1. The number of anilines is 1. The summed E-state index contributed by atoms with van der Waals surface area (Å²) in [6.07, 6.45) is 1.62. The van der Waals surface area contributed by atoms with Crippen molar-refractivity contribution in [2.45, 2.75) is 13.5 Å². The van der Waals surface area contributed by atoms with Crippen molar-refractivity contribution in [1.82, 2.24) is 4.98 Å². The molecule has 0 unspecified atom stereocenters. The number of aryl methyl sites for hydroxylation is 1. The van der Waals surface area contributed by atoms with Crippen LogP contribution in [-0.4, -0.2) is 23.1 Å². The average molecular weight is 291 g/mol. The molecule has 0 saturated heterocycles. The first-order valence-electron chi connectivity index (χ1n) is 6.13. The second-order valence-electron chi connectivity index (χ2n) is 4.62. The molecular formula is C15H15ClN2O2. The van der Waals surface area contributed by atoms with Crippen molar-refractivity contribution in [3.8, 4) is 0 Å². The van der Waals surface area contributed by atoms with Crippen LogP contribution in [0.3, 0.4) is 0 Å². The van der Waals surface area contributed by atoms with Gasteiger partial charge < -0.3 is 10.0 Å². The summed E-state index contributed by atoms with van der Waals surface area (Å²) in [6.45, 7) is 2.30. The lowest BCUT2D eigenvalue weighted by Crippen LogP contribution is -2.21. The van der Waals surface area contributed by atoms with Crippen LogP contribution in [0.25, 0.3) is 0 Å². The molecule has 104 valence electrons. The van der Waals surface area contributed by atoms with Crippen molar-refractivity contribution < 1.29 is 9.90 Å². The molecule has 20 heavy (non-hydrogen) atoms. The van der Waals surface area contributed by atoms with Gasteiger partial charge in [0.15, 0.2) is 0 Å². The zero-order valence-electron chi connectivity index (χ0n) is 11.3. The zero-order valence-corrected chi connectivity index (χ0v) is 12.1. The normalized spacial score (nSPS) is 10.3. The number of aromatic carboxylic acids is 1. The topological polar surface area (TPSA) is 53.4 Å². The Morgan fingerprint density at radius 3 is 2.80 bits per heavy atom. The molecule has 0 radical (unpaired) electrons. The number of nitrogens with zero attached hydrogens (tertiary/aromatic N) is 2. The van der Waals surface area contributed by atoms with E-state index in [1.807, 2.05) is 30.1 Å². The molecule has 0 amide bonds. The van der Waals surface area contributed by atoms with Crippen LogP contribution in [0, 0.1) is 6.92 Å². The van der Waals surface area contributed by atoms with Crippen molar-refractivity contribution >= 4 is 23.4 Å². The number of carboxylic acids is 1. The summed E-state index contributed by atoms with van der Waals surface area (Å²) >= 11 is 5.95. The quantitative estimate of drug-likeness (QED) is 0.938. The largest absolute Gasteiger partial charge is 0.478 e. The predicted octanol–water partition coefficient (Wildman–Crippen LogP) is 3.38. The maximum absolute atomic E-state index is 11.4. The SMILES string of the molecule is Cc1ccnc(N(C)Cc2cccc(Cl)c2)c1C(=O)O. The fraction of sp³-hybridized carbons (Fsp3) is 0.200. The van der Waals surface area contributed by atoms with Gasteiger partial charge in [0.1, 0.15) is 11.4 Å². The Morgan fingerprint density at radius 2 is 2.15 bits per heavy atom. The molecule has 2 aromatic rings. The van der Waals surface area contributed by atoms with E-state index in [4.69, 9.17) is 11.6 Å². The molecule has 1 aromatic heterocycles. The lowest BCUT2D eigenvalue weighted by molar-refractivity contribution is 0.0696. The lowest BCUT2D eigenvalue weighted by atomic mass is 10.1. The summed E-state index contributed by atoms with van der Waals surface area (Å²) in [5, 5.41) is 9.98. The predicted molar refractivity (Wildman–Crippen MR) is 79.5 cm³/mol. The standard InChI is InChI=1S/C15H15ClN2O2/c1-10-6-7-17-14(13(10)15(19)20)18(2)9-11-4-3-5-12(16)8-11/h3-8H,9H2,1-2H3,(H,19,20). The number of hydrogen-bond acceptors (Lipinski definition) is 3. The molecule has 0 aliphatic carbocycles. The molecule has 1 N–H and O–H groups in total. The Bertz CT molecular complexity index is 644. The summed E-state index contributed by atoms with van der Waals surface area (Å²) < 4.78 is 0. The van der Waals surface area contributed by atoms with Gasteiger partial charge >= 0.3 is 5.97 Å². The van der Waals surface area contributed by atoms with Gasteiger partial charge in [-0.05, 0) is 36.2 Å². The lowest BCUT2D eigenvalue weighted by Gasteiger charge is -2.21. The highest BCUT2D eigenvalue weighted by atomic mass is 35.5. The van der Waals surface area contributed by atoms with Gasteiger partial charge in [-0.1, -0.05) is 23.7 Å². The van der Waals surface area contributed by atoms with Gasteiger partial charge in [0.2, 0.25) is 0 Å². The number of carbonyl (C=O) groups is 1.